The number of nitrogens with zero attached hydrogens (tertiary/aromatic N) is 8. The number of anilines is 4. The second-order valence-electron chi connectivity index (χ2n) is 25.3. The van der Waals surface area contributed by atoms with E-state index in [0.29, 0.717) is 123 Å². The predicted octanol–water partition coefficient (Wildman–Crippen LogP) is 3.79. The average Bonchev–Trinajstić information content (AvgIpc) is 1.51. The predicted molar refractivity (Wildman–Crippen MR) is 339 cm³/mol. The van der Waals surface area contributed by atoms with Gasteiger partial charge in [0.25, 0.3) is 5.91 Å². The Bertz CT molecular complexity index is 4000. The number of nitrogens with one attached hydrogen (secondary N) is 2. The summed E-state index contributed by atoms with van der Waals surface area (Å²) >= 11 is 0. The van der Waals surface area contributed by atoms with Crippen LogP contribution in [-0.2, 0) is 66.8 Å². The zero-order chi connectivity index (χ0) is 66.7. The fourth-order valence-electron chi connectivity index (χ4n) is 16.4. The van der Waals surface area contributed by atoms with Crippen LogP contribution in [0.5, 0.6) is 5.75 Å². The van der Waals surface area contributed by atoms with Crippen molar-refractivity contribution in [1.29, 1.82) is 0 Å². The summed E-state index contributed by atoms with van der Waals surface area (Å²) in [5.74, 6) is -4.97. The molecule has 2 amide bonds. The van der Waals surface area contributed by atoms with Gasteiger partial charge in [-0.3, -0.25) is 33.8 Å². The Morgan fingerprint density at radius 1 is 0.914 bits per heavy atom. The fraction of sp³-hybridized carbons (Fsp3) is 0.470. The summed E-state index contributed by atoms with van der Waals surface area (Å²) in [7, 11) is 5.91. The van der Waals surface area contributed by atoms with Crippen LogP contribution >= 0.6 is 0 Å². The number of hydrogen-bond donors (Lipinski definition) is 8. The lowest BCUT2D eigenvalue weighted by atomic mass is 9.47. The number of esters is 3. The van der Waals surface area contributed by atoms with Gasteiger partial charge in [0.05, 0.1) is 57.1 Å². The third-order valence-electron chi connectivity index (χ3n) is 20.2. The Hall–Kier alpha value is -9.31. The minimum Gasteiger partial charge on any atom is -0.496 e. The molecule has 492 valence electrons. The lowest BCUT2D eigenvalue weighted by Gasteiger charge is -2.63. The number of nitrogen functional groups attached to an aromatic ring is 2. The van der Waals surface area contributed by atoms with Crippen LogP contribution in [0.2, 0.25) is 0 Å². The number of aromatic nitrogens is 5. The van der Waals surface area contributed by atoms with Crippen LogP contribution in [0.15, 0.2) is 79.0 Å². The van der Waals surface area contributed by atoms with Crippen molar-refractivity contribution in [3.63, 3.8) is 0 Å². The molecule has 5 aliphatic heterocycles. The van der Waals surface area contributed by atoms with E-state index in [2.05, 4.69) is 46.1 Å². The third kappa shape index (κ3) is 10.9. The number of carboxylic acids is 2. The van der Waals surface area contributed by atoms with Crippen molar-refractivity contribution in [2.24, 2.45) is 11.3 Å². The molecule has 10 N–H and O–H groups in total. The number of aliphatic hydroxyl groups is 2. The normalized spacial score (nSPS) is 27.7. The maximum absolute atomic E-state index is 15.3. The van der Waals surface area contributed by atoms with E-state index in [-0.39, 0.29) is 42.5 Å². The lowest BCUT2D eigenvalue weighted by Crippen LogP contribution is -2.81. The topological polar surface area (TPSA) is 382 Å². The minimum atomic E-state index is -2.53. The number of carboxylic acid groups (broad SMARTS) is 2. The Balaban J connectivity index is 0.000000227. The van der Waals surface area contributed by atoms with Gasteiger partial charge in [-0.1, -0.05) is 44.2 Å². The number of rotatable bonds is 17. The molecule has 8 heterocycles. The largest absolute Gasteiger partial charge is 0.496 e. The average molecular weight is 1280 g/mol. The maximum Gasteiger partial charge on any atom is 0.344 e. The summed E-state index contributed by atoms with van der Waals surface area (Å²) in [5.41, 5.74) is 10.5. The molecule has 1 spiro atoms. The van der Waals surface area contributed by atoms with Crippen LogP contribution in [0.1, 0.15) is 104 Å². The molecular formula is C66H78N12O15. The number of piperidine rings is 1. The van der Waals surface area contributed by atoms with E-state index in [1.165, 1.54) is 45.3 Å². The first-order valence-corrected chi connectivity index (χ1v) is 31.0. The van der Waals surface area contributed by atoms with Gasteiger partial charge in [-0.25, -0.2) is 19.6 Å². The van der Waals surface area contributed by atoms with Gasteiger partial charge in [-0.05, 0) is 105 Å². The number of carbonyl (C=O) groups is 7. The summed E-state index contributed by atoms with van der Waals surface area (Å²) in [6.45, 7) is 8.53. The number of hydrogen-bond acceptors (Lipinski definition) is 22. The molecule has 2 saturated heterocycles. The van der Waals surface area contributed by atoms with Crippen molar-refractivity contribution in [2.45, 2.75) is 125 Å². The number of methoxy groups -OCH3 is 3. The molecule has 1 unspecified atom stereocenters. The molecule has 27 heteroatoms. The van der Waals surface area contributed by atoms with Crippen molar-refractivity contribution >= 4 is 87.4 Å². The van der Waals surface area contributed by atoms with E-state index >= 15 is 4.79 Å². The second kappa shape index (κ2) is 25.0. The van der Waals surface area contributed by atoms with E-state index < -0.39 is 87.4 Å². The van der Waals surface area contributed by atoms with E-state index in [1.807, 2.05) is 62.2 Å². The van der Waals surface area contributed by atoms with E-state index in [0.717, 1.165) is 22.2 Å². The molecule has 11 atom stereocenters. The third-order valence-corrected chi connectivity index (χ3v) is 20.2. The van der Waals surface area contributed by atoms with Gasteiger partial charge in [-0.15, -0.1) is 0 Å². The van der Waals surface area contributed by atoms with Crippen LogP contribution < -0.4 is 31.3 Å². The van der Waals surface area contributed by atoms with Gasteiger partial charge in [0.15, 0.2) is 23.1 Å². The maximum atomic E-state index is 15.3. The highest BCUT2D eigenvalue weighted by atomic mass is 16.6. The molecule has 27 nitrogen and oxygen atoms in total. The summed E-state index contributed by atoms with van der Waals surface area (Å²) < 4.78 is 23.7. The number of nitrogens with two attached hydrogens (primary N) is 2. The summed E-state index contributed by atoms with van der Waals surface area (Å²) in [4.78, 5) is 119. The number of benzene rings is 3. The van der Waals surface area contributed by atoms with E-state index in [4.69, 9.17) is 35.5 Å². The minimum absolute atomic E-state index is 0.0138. The summed E-state index contributed by atoms with van der Waals surface area (Å²) in [6.07, 6.45) is 6.80. The van der Waals surface area contributed by atoms with Crippen LogP contribution in [-0.4, -0.2) is 194 Å². The number of aromatic amines is 1. The highest BCUT2D eigenvalue weighted by Gasteiger charge is 2.81. The molecule has 12 rings (SSSR count). The second-order valence-corrected chi connectivity index (χ2v) is 25.3. The molecule has 6 aromatic rings. The molecule has 2 bridgehead atoms. The van der Waals surface area contributed by atoms with E-state index in [1.54, 1.807) is 24.4 Å². The van der Waals surface area contributed by atoms with Crippen LogP contribution in [0.4, 0.5) is 23.1 Å². The highest BCUT2D eigenvalue weighted by Crippen LogP contribution is 2.68. The zero-order valence-electron chi connectivity index (χ0n) is 52.9. The van der Waals surface area contributed by atoms with Crippen LogP contribution in [0.25, 0.3) is 22.1 Å². The van der Waals surface area contributed by atoms with Gasteiger partial charge in [0.2, 0.25) is 18.0 Å². The van der Waals surface area contributed by atoms with E-state index in [9.17, 15) is 44.1 Å². The SMILES string of the molecule is CC[C@]1(O)C[C@H]2CN(CCc3c([nH]c4ccccc34)[C@@](C(=O)OC)(c3cc4c(cc3OC)N(C=O)[C@H]3[C@@](O)(C(=O)OC)[C@H](OC(C)=O)[C@]5(CC)C=CCN6CC[C@]43[C@@H]65)C2)C1.CN(Cc1cnc2nc(N)nc(N)c2n1)c1ccc(C(=O)N[C@@H](CCC(=O)O)C(=O)O)cc1. The smallest absolute Gasteiger partial charge is 0.344 e. The van der Waals surface area contributed by atoms with Gasteiger partial charge >= 0.3 is 29.8 Å². The van der Waals surface area contributed by atoms with Gasteiger partial charge in [-0.2, -0.15) is 9.97 Å². The van der Waals surface area contributed by atoms with Crippen molar-refractivity contribution in [3.8, 4) is 5.75 Å². The van der Waals surface area contributed by atoms with Crippen molar-refractivity contribution in [2.75, 3.05) is 82.4 Å². The molecule has 1 saturated carbocycles. The van der Waals surface area contributed by atoms with Crippen LogP contribution in [0, 0.1) is 11.3 Å². The molecule has 93 heavy (non-hydrogen) atoms. The first-order chi connectivity index (χ1) is 44.4. The van der Waals surface area contributed by atoms with Crippen molar-refractivity contribution < 1.29 is 72.9 Å². The van der Waals surface area contributed by atoms with Gasteiger partial charge in [0, 0.05) is 103 Å². The molecule has 3 aromatic carbocycles. The number of ether oxygens (including phenoxy) is 4. The first kappa shape index (κ1) is 65.2. The lowest BCUT2D eigenvalue weighted by molar-refractivity contribution is -0.228. The number of carbonyl (C=O) groups excluding carboxylic acids is 5. The summed E-state index contributed by atoms with van der Waals surface area (Å²) in [5, 5.41) is 46.5. The molecule has 3 fully saturated rings. The first-order valence-electron chi connectivity index (χ1n) is 31.0. The summed E-state index contributed by atoms with van der Waals surface area (Å²) in [6, 6.07) is 15.1. The fourth-order valence-corrected chi connectivity index (χ4v) is 16.4. The number of aliphatic carboxylic acids is 2. The highest BCUT2D eigenvalue weighted by molar-refractivity contribution is 5.98. The molecule has 6 aliphatic rings. The number of fused-ring (bicyclic) bond motifs is 7. The molecule has 3 aromatic heterocycles. The zero-order valence-corrected chi connectivity index (χ0v) is 52.9. The van der Waals surface area contributed by atoms with Gasteiger partial charge < -0.3 is 70.9 Å². The molecular weight excluding hydrogens is 1200 g/mol. The standard InChI is InChI=1S/C46H56N4O10.C20H22N8O5/c1-7-42(55)22-28-23-45(40(53)58-5,36-30(14-18-48(24-28)25-42)29-12-9-10-13-33(29)47-36)32-20-31-34(21-35(32)57-4)50(26-51)38-44(31)16-19-49-17-11-15-43(8-2,37(44)49)39(60-27(3)52)46(38,56)41(54)59-6;1-28(9-11-8-23-17-15(24-11)16(21)26-20(22)27-17)12-4-2-10(3-5-12)18(31)25-13(19(32)33)6-7-14(29)30/h9-13,15,20-21,26,28,37-39,47,55-56H,7-8,14,16-19,22-25H2,1-6H3;2-5,8,13H,6-7,9H2,1H3,(H,25,31)(H,29,30)(H,32,33)(H4,21,22,23,26,27)/t28-,37+,38-,39-,42+,43-,44-,45+,46+;13-/m10/s1. The Morgan fingerprint density at radius 3 is 2.32 bits per heavy atom. The Morgan fingerprint density at radius 2 is 1.66 bits per heavy atom. The molecule has 0 radical (unpaired) electrons. The van der Waals surface area contributed by atoms with Gasteiger partial charge in [0.1, 0.15) is 17.2 Å². The van der Waals surface area contributed by atoms with Crippen molar-refractivity contribution in [1.82, 2.24) is 40.0 Å². The van der Waals surface area contributed by atoms with Crippen LogP contribution in [0.3, 0.4) is 0 Å². The number of amides is 2. The number of para-hydroxylation sites is 1. The molecule has 1 aliphatic carbocycles. The van der Waals surface area contributed by atoms with Crippen molar-refractivity contribution in [3.05, 3.63) is 113 Å². The Kier molecular flexibility index (Phi) is 17.5. The quantitative estimate of drug-likeness (QED) is 0.0279. The monoisotopic (exact) mass is 1280 g/mol. The Labute approximate surface area is 535 Å². The number of H-pyrrole nitrogens is 1.